The fraction of sp³-hybridized carbons (Fsp3) is 0.333. The average molecular weight is 448 g/mol. The highest BCUT2D eigenvalue weighted by Crippen LogP contribution is 2.30. The number of benzene rings is 2. The summed E-state index contributed by atoms with van der Waals surface area (Å²) in [6.07, 6.45) is 1.47. The van der Waals surface area contributed by atoms with Crippen molar-refractivity contribution in [3.63, 3.8) is 0 Å². The fourth-order valence-electron chi connectivity index (χ4n) is 3.33. The molecule has 0 aromatic heterocycles. The largest absolute Gasteiger partial charge is 0.351 e. The Morgan fingerprint density at radius 3 is 2.50 bits per heavy atom. The number of amides is 3. The summed E-state index contributed by atoms with van der Waals surface area (Å²) >= 11 is 3.37. The molecule has 2 N–H and O–H groups in total. The van der Waals surface area contributed by atoms with Gasteiger partial charge in [0.2, 0.25) is 5.91 Å². The molecule has 3 amide bonds. The van der Waals surface area contributed by atoms with Crippen molar-refractivity contribution in [1.29, 1.82) is 0 Å². The molecular formula is C21H23BrFN3O2. The van der Waals surface area contributed by atoms with Crippen molar-refractivity contribution >= 4 is 33.6 Å². The molecule has 2 aromatic rings. The monoisotopic (exact) mass is 447 g/mol. The third kappa shape index (κ3) is 5.10. The topological polar surface area (TPSA) is 61.4 Å². The summed E-state index contributed by atoms with van der Waals surface area (Å²) in [5, 5.41) is 5.80. The van der Waals surface area contributed by atoms with Crippen LogP contribution in [0.2, 0.25) is 0 Å². The Morgan fingerprint density at radius 1 is 1.14 bits per heavy atom. The van der Waals surface area contributed by atoms with Crippen molar-refractivity contribution in [3.8, 4) is 0 Å². The van der Waals surface area contributed by atoms with Crippen LogP contribution in [0.25, 0.3) is 0 Å². The molecule has 0 aliphatic carbocycles. The molecule has 1 aliphatic heterocycles. The van der Waals surface area contributed by atoms with E-state index >= 15 is 0 Å². The van der Waals surface area contributed by atoms with Gasteiger partial charge in [-0.3, -0.25) is 4.79 Å². The van der Waals surface area contributed by atoms with Crippen molar-refractivity contribution in [2.24, 2.45) is 5.41 Å². The highest BCUT2D eigenvalue weighted by Gasteiger charge is 2.39. The lowest BCUT2D eigenvalue weighted by molar-refractivity contribution is -0.132. The highest BCUT2D eigenvalue weighted by molar-refractivity contribution is 9.10. The van der Waals surface area contributed by atoms with E-state index in [1.165, 1.54) is 12.1 Å². The van der Waals surface area contributed by atoms with Crippen molar-refractivity contribution in [1.82, 2.24) is 10.2 Å². The van der Waals surface area contributed by atoms with Gasteiger partial charge in [0.25, 0.3) is 0 Å². The third-order valence-electron chi connectivity index (χ3n) is 4.99. The molecule has 2 aromatic carbocycles. The second-order valence-electron chi connectivity index (χ2n) is 7.33. The second-order valence-corrected chi connectivity index (χ2v) is 8.25. The van der Waals surface area contributed by atoms with Crippen molar-refractivity contribution in [2.75, 3.05) is 18.4 Å². The molecule has 1 fully saturated rings. The minimum Gasteiger partial charge on any atom is -0.351 e. The lowest BCUT2D eigenvalue weighted by atomic mass is 9.81. The number of carbonyl (C=O) groups is 2. The maximum atomic E-state index is 13.0. The van der Waals surface area contributed by atoms with Gasteiger partial charge < -0.3 is 15.5 Å². The van der Waals surface area contributed by atoms with Crippen molar-refractivity contribution in [3.05, 3.63) is 64.4 Å². The average Bonchev–Trinajstić information content (AvgIpc) is 2.69. The number of halogens is 2. The molecule has 1 aliphatic rings. The number of likely N-dealkylation sites (tertiary alicyclic amines) is 1. The van der Waals surface area contributed by atoms with E-state index in [4.69, 9.17) is 0 Å². The minimum absolute atomic E-state index is 0.0991. The molecule has 0 radical (unpaired) electrons. The first-order valence-corrected chi connectivity index (χ1v) is 9.99. The van der Waals surface area contributed by atoms with Gasteiger partial charge in [0.1, 0.15) is 5.82 Å². The summed E-state index contributed by atoms with van der Waals surface area (Å²) in [5.74, 6) is -0.403. The first kappa shape index (κ1) is 20.3. The molecule has 0 spiro atoms. The van der Waals surface area contributed by atoms with Crippen LogP contribution in [0, 0.1) is 11.2 Å². The van der Waals surface area contributed by atoms with Gasteiger partial charge in [-0.05, 0) is 61.7 Å². The van der Waals surface area contributed by atoms with E-state index in [-0.39, 0.29) is 17.8 Å². The molecule has 0 saturated carbocycles. The van der Waals surface area contributed by atoms with Gasteiger partial charge in [-0.25, -0.2) is 9.18 Å². The molecule has 28 heavy (non-hydrogen) atoms. The number of piperidine rings is 1. The van der Waals surface area contributed by atoms with Crippen LogP contribution in [0.5, 0.6) is 0 Å². The Bertz CT molecular complexity index is 842. The van der Waals surface area contributed by atoms with Gasteiger partial charge in [0.15, 0.2) is 0 Å². The van der Waals surface area contributed by atoms with Crippen molar-refractivity contribution in [2.45, 2.75) is 26.3 Å². The second kappa shape index (κ2) is 8.73. The molecule has 1 heterocycles. The standard InChI is InChI=1S/C21H23BrFN3O2/c1-21(19(27)24-13-15-3-7-17(23)8-4-15)11-2-12-26(14-21)20(28)25-18-9-5-16(22)6-10-18/h3-10H,2,11-14H2,1H3,(H,24,27)(H,25,28)/t21-/m1/s1. The van der Waals surface area contributed by atoms with Crippen LogP contribution in [0.4, 0.5) is 14.9 Å². The van der Waals surface area contributed by atoms with Gasteiger partial charge in [0.05, 0.1) is 5.41 Å². The van der Waals surface area contributed by atoms with E-state index in [1.54, 1.807) is 17.0 Å². The van der Waals surface area contributed by atoms with E-state index in [9.17, 15) is 14.0 Å². The Kier molecular flexibility index (Phi) is 6.34. The lowest BCUT2D eigenvalue weighted by Crippen LogP contribution is -2.52. The van der Waals surface area contributed by atoms with Crippen molar-refractivity contribution < 1.29 is 14.0 Å². The minimum atomic E-state index is -0.657. The first-order chi connectivity index (χ1) is 13.4. The number of urea groups is 1. The number of carbonyl (C=O) groups excluding carboxylic acids is 2. The Balaban J connectivity index is 1.58. The molecule has 0 bridgehead atoms. The normalized spacial score (nSPS) is 19.2. The fourth-order valence-corrected chi connectivity index (χ4v) is 3.60. The molecule has 7 heteroatoms. The third-order valence-corrected chi connectivity index (χ3v) is 5.52. The number of hydrogen-bond acceptors (Lipinski definition) is 2. The quantitative estimate of drug-likeness (QED) is 0.722. The van der Waals surface area contributed by atoms with Crippen LogP contribution in [-0.4, -0.2) is 29.9 Å². The summed E-state index contributed by atoms with van der Waals surface area (Å²) in [6, 6.07) is 13.2. The number of rotatable bonds is 4. The van der Waals surface area contributed by atoms with Gasteiger partial charge >= 0.3 is 6.03 Å². The van der Waals surface area contributed by atoms with Crippen LogP contribution in [-0.2, 0) is 11.3 Å². The van der Waals surface area contributed by atoms with E-state index < -0.39 is 5.41 Å². The number of nitrogens with zero attached hydrogens (tertiary/aromatic N) is 1. The summed E-state index contributed by atoms with van der Waals surface area (Å²) in [6.45, 7) is 3.18. The summed E-state index contributed by atoms with van der Waals surface area (Å²) in [5.41, 5.74) is 0.884. The maximum Gasteiger partial charge on any atom is 0.321 e. The Morgan fingerprint density at radius 2 is 1.82 bits per heavy atom. The van der Waals surface area contributed by atoms with E-state index in [0.29, 0.717) is 31.7 Å². The lowest BCUT2D eigenvalue weighted by Gasteiger charge is -2.39. The van der Waals surface area contributed by atoms with Crippen LogP contribution >= 0.6 is 15.9 Å². The molecule has 3 rings (SSSR count). The van der Waals surface area contributed by atoms with Gasteiger partial charge in [-0.15, -0.1) is 0 Å². The van der Waals surface area contributed by atoms with E-state index in [0.717, 1.165) is 16.5 Å². The van der Waals surface area contributed by atoms with Crippen LogP contribution in [0.1, 0.15) is 25.3 Å². The smallest absolute Gasteiger partial charge is 0.321 e. The Labute approximate surface area is 172 Å². The molecule has 148 valence electrons. The van der Waals surface area contributed by atoms with E-state index in [2.05, 4.69) is 26.6 Å². The molecule has 0 unspecified atom stereocenters. The van der Waals surface area contributed by atoms with Gasteiger partial charge in [0, 0.05) is 29.8 Å². The predicted molar refractivity (Wildman–Crippen MR) is 110 cm³/mol. The molecule has 1 saturated heterocycles. The number of anilines is 1. The molecule has 5 nitrogen and oxygen atoms in total. The molecule has 1 atom stereocenters. The summed E-state index contributed by atoms with van der Waals surface area (Å²) in [4.78, 5) is 27.1. The summed E-state index contributed by atoms with van der Waals surface area (Å²) in [7, 11) is 0. The van der Waals surface area contributed by atoms with E-state index in [1.807, 2.05) is 31.2 Å². The van der Waals surface area contributed by atoms with Crippen LogP contribution < -0.4 is 10.6 Å². The first-order valence-electron chi connectivity index (χ1n) is 9.20. The predicted octanol–water partition coefficient (Wildman–Crippen LogP) is 4.54. The highest BCUT2D eigenvalue weighted by atomic mass is 79.9. The Hall–Kier alpha value is -2.41. The van der Waals surface area contributed by atoms with Gasteiger partial charge in [-0.1, -0.05) is 28.1 Å². The zero-order chi connectivity index (χ0) is 20.1. The zero-order valence-corrected chi connectivity index (χ0v) is 17.3. The maximum absolute atomic E-state index is 13.0. The number of hydrogen-bond donors (Lipinski definition) is 2. The van der Waals surface area contributed by atoms with Gasteiger partial charge in [-0.2, -0.15) is 0 Å². The SMILES string of the molecule is C[C@@]1(C(=O)NCc2ccc(F)cc2)CCCN(C(=O)Nc2ccc(Br)cc2)C1. The molecular weight excluding hydrogens is 425 g/mol. The zero-order valence-electron chi connectivity index (χ0n) is 15.7. The summed E-state index contributed by atoms with van der Waals surface area (Å²) < 4.78 is 13.9. The van der Waals surface area contributed by atoms with Crippen LogP contribution in [0.3, 0.4) is 0 Å². The number of nitrogens with one attached hydrogen (secondary N) is 2. The van der Waals surface area contributed by atoms with Crippen LogP contribution in [0.15, 0.2) is 53.0 Å².